The minimum atomic E-state index is -2.51. The van der Waals surface area contributed by atoms with E-state index in [4.69, 9.17) is 46.4 Å². The van der Waals surface area contributed by atoms with Gasteiger partial charge in [-0.2, -0.15) is 8.78 Å². The molecule has 2 aromatic carbocycles. The van der Waals surface area contributed by atoms with E-state index in [2.05, 4.69) is 10.6 Å². The van der Waals surface area contributed by atoms with Crippen molar-refractivity contribution in [2.75, 3.05) is 5.32 Å². The lowest BCUT2D eigenvalue weighted by molar-refractivity contribution is 0.0942. The van der Waals surface area contributed by atoms with Crippen LogP contribution >= 0.6 is 58.2 Å². The second-order valence-electron chi connectivity index (χ2n) is 5.00. The summed E-state index contributed by atoms with van der Waals surface area (Å²) in [6.07, 6.45) is -1.07. The summed E-state index contributed by atoms with van der Waals surface area (Å²) in [6, 6.07) is 12.3. The van der Waals surface area contributed by atoms with Crippen molar-refractivity contribution < 1.29 is 13.6 Å². The monoisotopic (exact) mass is 458 g/mol. The van der Waals surface area contributed by atoms with Crippen LogP contribution < -0.4 is 10.6 Å². The largest absolute Gasteiger partial charge is 0.362 e. The highest BCUT2D eigenvalue weighted by atomic mass is 35.6. The van der Waals surface area contributed by atoms with Crippen molar-refractivity contribution >= 4 is 69.8 Å². The van der Waals surface area contributed by atoms with E-state index >= 15 is 0 Å². The summed E-state index contributed by atoms with van der Waals surface area (Å²) in [6.45, 7) is 0. The molecule has 0 spiro atoms. The number of alkyl halides is 5. The molecule has 3 nitrogen and oxygen atoms in total. The quantitative estimate of drug-likeness (QED) is 0.307. The molecule has 2 N–H and O–H groups in total. The van der Waals surface area contributed by atoms with Gasteiger partial charge in [-0.1, -0.05) is 58.2 Å². The molecule has 10 heteroatoms. The molecule has 0 aromatic heterocycles. The molecule has 1 atom stereocenters. The van der Waals surface area contributed by atoms with Crippen molar-refractivity contribution in [1.29, 1.82) is 0 Å². The van der Waals surface area contributed by atoms with E-state index in [-0.39, 0.29) is 0 Å². The topological polar surface area (TPSA) is 41.1 Å². The molecule has 0 aliphatic rings. The molecule has 1 amide bonds. The first-order chi connectivity index (χ1) is 12.1. The molecule has 26 heavy (non-hydrogen) atoms. The molecule has 0 saturated heterocycles. The predicted octanol–water partition coefficient (Wildman–Crippen LogP) is 6.19. The first-order valence-electron chi connectivity index (χ1n) is 7.10. The second kappa shape index (κ2) is 9.33. The van der Waals surface area contributed by atoms with E-state index in [1.807, 2.05) is 0 Å². The van der Waals surface area contributed by atoms with Crippen LogP contribution in [0.5, 0.6) is 0 Å². The van der Waals surface area contributed by atoms with Crippen LogP contribution in [0.1, 0.15) is 10.4 Å². The zero-order valence-electron chi connectivity index (χ0n) is 12.9. The summed E-state index contributed by atoms with van der Waals surface area (Å²) < 4.78 is 22.8. The number of anilines is 1. The number of rotatable bonds is 6. The lowest BCUT2D eigenvalue weighted by Crippen LogP contribution is -2.49. The third kappa shape index (κ3) is 6.67. The average Bonchev–Trinajstić information content (AvgIpc) is 2.55. The highest BCUT2D eigenvalue weighted by Crippen LogP contribution is 2.32. The van der Waals surface area contributed by atoms with Crippen molar-refractivity contribution in [2.45, 2.75) is 20.6 Å². The molecule has 0 heterocycles. The molecule has 0 radical (unpaired) electrons. The predicted molar refractivity (Wildman–Crippen MR) is 105 cm³/mol. The molecular formula is C16H12Cl4F2N2OS. The minimum absolute atomic E-state index is 0.333. The van der Waals surface area contributed by atoms with E-state index in [0.717, 1.165) is 0 Å². The normalized spacial score (nSPS) is 12.7. The first-order valence-corrected chi connectivity index (χ1v) is 9.49. The average molecular weight is 460 g/mol. The van der Waals surface area contributed by atoms with Gasteiger partial charge in [-0.15, -0.1) is 0 Å². The SMILES string of the molecule is O=C(NC(Nc1ccc(SC(F)F)cc1)C(Cl)(Cl)Cl)c1ccc(Cl)cc1. The minimum Gasteiger partial charge on any atom is -0.362 e. The van der Waals surface area contributed by atoms with Crippen LogP contribution in [0.4, 0.5) is 14.5 Å². The fourth-order valence-electron chi connectivity index (χ4n) is 1.91. The molecule has 140 valence electrons. The summed E-state index contributed by atoms with van der Waals surface area (Å²) in [5.41, 5.74) is 0.815. The van der Waals surface area contributed by atoms with Gasteiger partial charge in [0.05, 0.1) is 0 Å². The van der Waals surface area contributed by atoms with E-state index in [9.17, 15) is 13.6 Å². The van der Waals surface area contributed by atoms with Crippen LogP contribution in [-0.4, -0.2) is 21.6 Å². The van der Waals surface area contributed by atoms with Crippen molar-refractivity contribution in [3.8, 4) is 0 Å². The third-order valence-corrected chi connectivity index (χ3v) is 4.73. The zero-order valence-corrected chi connectivity index (χ0v) is 16.7. The van der Waals surface area contributed by atoms with E-state index in [1.165, 1.54) is 24.3 Å². The summed E-state index contributed by atoms with van der Waals surface area (Å²) in [7, 11) is 0. The van der Waals surface area contributed by atoms with Gasteiger partial charge in [0.1, 0.15) is 6.17 Å². The standard InChI is InChI=1S/C16H12Cl4F2N2OS/c17-10-3-1-9(2-4-10)13(25)24-14(16(18,19)20)23-11-5-7-12(8-6-11)26-15(21)22/h1-8,14-15,23H,(H,24,25). The molecule has 0 aliphatic carbocycles. The number of thioether (sulfide) groups is 1. The molecule has 0 saturated carbocycles. The van der Waals surface area contributed by atoms with Crippen LogP contribution in [0.2, 0.25) is 5.02 Å². The molecule has 2 rings (SSSR count). The van der Waals surface area contributed by atoms with E-state index in [0.29, 0.717) is 32.9 Å². The first kappa shape index (κ1) is 21.4. The van der Waals surface area contributed by atoms with Crippen LogP contribution in [0, 0.1) is 0 Å². The Kier molecular flexibility index (Phi) is 7.67. The molecule has 1 unspecified atom stereocenters. The molecule has 0 bridgehead atoms. The fraction of sp³-hybridized carbons (Fsp3) is 0.188. The number of nitrogens with one attached hydrogen (secondary N) is 2. The Bertz CT molecular complexity index is 739. The number of benzene rings is 2. The lowest BCUT2D eigenvalue weighted by Gasteiger charge is -2.27. The highest BCUT2D eigenvalue weighted by molar-refractivity contribution is 7.99. The number of carbonyl (C=O) groups is 1. The summed E-state index contributed by atoms with van der Waals surface area (Å²) in [4.78, 5) is 12.7. The van der Waals surface area contributed by atoms with Crippen LogP contribution in [-0.2, 0) is 0 Å². The maximum Gasteiger partial charge on any atom is 0.288 e. The maximum absolute atomic E-state index is 12.4. The number of halogens is 6. The highest BCUT2D eigenvalue weighted by Gasteiger charge is 2.34. The Balaban J connectivity index is 2.10. The number of carbonyl (C=O) groups excluding carboxylic acids is 1. The summed E-state index contributed by atoms with van der Waals surface area (Å²) in [5, 5.41) is 5.92. The van der Waals surface area contributed by atoms with Gasteiger partial charge in [0, 0.05) is 21.2 Å². The van der Waals surface area contributed by atoms with Crippen molar-refractivity contribution in [1.82, 2.24) is 5.32 Å². The molecule has 0 fully saturated rings. The molecule has 0 aliphatic heterocycles. The molecular weight excluding hydrogens is 448 g/mol. The zero-order chi connectivity index (χ0) is 19.3. The van der Waals surface area contributed by atoms with E-state index in [1.54, 1.807) is 24.3 Å². The van der Waals surface area contributed by atoms with Gasteiger partial charge in [0.25, 0.3) is 11.7 Å². The smallest absolute Gasteiger partial charge is 0.288 e. The van der Waals surface area contributed by atoms with Gasteiger partial charge < -0.3 is 10.6 Å². The number of amides is 1. The summed E-state index contributed by atoms with van der Waals surface area (Å²) in [5.74, 6) is -2.99. The number of hydrogen-bond acceptors (Lipinski definition) is 3. The van der Waals surface area contributed by atoms with Gasteiger partial charge in [-0.05, 0) is 48.5 Å². The van der Waals surface area contributed by atoms with E-state index < -0.39 is 21.6 Å². The van der Waals surface area contributed by atoms with Crippen molar-refractivity contribution in [2.24, 2.45) is 0 Å². The van der Waals surface area contributed by atoms with Gasteiger partial charge in [-0.25, -0.2) is 0 Å². The van der Waals surface area contributed by atoms with Gasteiger partial charge >= 0.3 is 0 Å². The van der Waals surface area contributed by atoms with Gasteiger partial charge in [-0.3, -0.25) is 4.79 Å². The summed E-state index contributed by atoms with van der Waals surface area (Å²) >= 11 is 24.0. The Morgan fingerprint density at radius 3 is 2.08 bits per heavy atom. The lowest BCUT2D eigenvalue weighted by atomic mass is 10.2. The van der Waals surface area contributed by atoms with Crippen LogP contribution in [0.25, 0.3) is 0 Å². The Morgan fingerprint density at radius 2 is 1.58 bits per heavy atom. The Labute approximate surface area is 173 Å². The Hall–Kier alpha value is -0.920. The third-order valence-electron chi connectivity index (χ3n) is 3.10. The second-order valence-corrected chi connectivity index (χ2v) is 8.87. The van der Waals surface area contributed by atoms with Gasteiger partial charge in [0.15, 0.2) is 0 Å². The number of hydrogen-bond donors (Lipinski definition) is 2. The molecule has 2 aromatic rings. The maximum atomic E-state index is 12.4. The van der Waals surface area contributed by atoms with Crippen LogP contribution in [0.3, 0.4) is 0 Å². The fourth-order valence-corrected chi connectivity index (χ4v) is 2.87. The van der Waals surface area contributed by atoms with Crippen molar-refractivity contribution in [3.05, 3.63) is 59.1 Å². The van der Waals surface area contributed by atoms with Gasteiger partial charge in [0.2, 0.25) is 3.79 Å². The Morgan fingerprint density at radius 1 is 1.00 bits per heavy atom. The van der Waals surface area contributed by atoms with Crippen LogP contribution in [0.15, 0.2) is 53.4 Å². The van der Waals surface area contributed by atoms with Crippen molar-refractivity contribution in [3.63, 3.8) is 0 Å².